The fourth-order valence-corrected chi connectivity index (χ4v) is 6.34. The van der Waals surface area contributed by atoms with Crippen LogP contribution in [0.1, 0.15) is 32.0 Å². The first kappa shape index (κ1) is 28.8. The van der Waals surface area contributed by atoms with Crippen molar-refractivity contribution in [1.29, 1.82) is 0 Å². The third-order valence-electron chi connectivity index (χ3n) is 7.65. The van der Waals surface area contributed by atoms with Crippen molar-refractivity contribution in [3.63, 3.8) is 0 Å². The summed E-state index contributed by atoms with van der Waals surface area (Å²) >= 11 is -1.55. The molecule has 2 fully saturated rings. The van der Waals surface area contributed by atoms with Gasteiger partial charge in [-0.2, -0.15) is 0 Å². The summed E-state index contributed by atoms with van der Waals surface area (Å²) in [7, 11) is 0. The van der Waals surface area contributed by atoms with E-state index >= 15 is 4.39 Å². The number of nitrogens with one attached hydrogen (secondary N) is 1. The van der Waals surface area contributed by atoms with Gasteiger partial charge >= 0.3 is 0 Å². The van der Waals surface area contributed by atoms with Crippen LogP contribution in [-0.4, -0.2) is 82.8 Å². The van der Waals surface area contributed by atoms with Gasteiger partial charge in [0.05, 0.1) is 42.2 Å². The Bertz CT molecular complexity index is 1280. The lowest BCUT2D eigenvalue weighted by atomic mass is 10.1. The van der Waals surface area contributed by atoms with E-state index in [-0.39, 0.29) is 5.82 Å². The van der Waals surface area contributed by atoms with Gasteiger partial charge in [-0.15, -0.1) is 0 Å². The molecule has 8 nitrogen and oxygen atoms in total. The maximum atomic E-state index is 15.3. The lowest BCUT2D eigenvalue weighted by molar-refractivity contribution is 0.104. The average Bonchev–Trinajstić information content (AvgIpc) is 2.98. The van der Waals surface area contributed by atoms with E-state index in [4.69, 9.17) is 4.74 Å². The minimum atomic E-state index is -1.55. The van der Waals surface area contributed by atoms with Crippen LogP contribution >= 0.6 is 0 Å². The molecule has 2 aliphatic heterocycles. The van der Waals surface area contributed by atoms with Crippen molar-refractivity contribution in [3.8, 4) is 11.3 Å². The van der Waals surface area contributed by atoms with Crippen LogP contribution in [0.4, 0.5) is 15.8 Å². The molecule has 0 aliphatic carbocycles. The number of rotatable bonds is 9. The van der Waals surface area contributed by atoms with Gasteiger partial charge in [0, 0.05) is 69.7 Å². The molecule has 5 rings (SSSR count). The minimum absolute atomic E-state index is 0.306. The Balaban J connectivity index is 1.27. The van der Waals surface area contributed by atoms with E-state index in [1.165, 1.54) is 0 Å². The molecule has 214 valence electrons. The molecule has 1 atom stereocenters. The van der Waals surface area contributed by atoms with Crippen LogP contribution in [0.3, 0.4) is 0 Å². The maximum Gasteiger partial charge on any atom is 0.203 e. The Morgan fingerprint density at radius 3 is 2.50 bits per heavy atom. The lowest BCUT2D eigenvalue weighted by Crippen LogP contribution is -2.48. The lowest BCUT2D eigenvalue weighted by Gasteiger charge is -2.36. The van der Waals surface area contributed by atoms with Gasteiger partial charge in [-0.1, -0.05) is 13.0 Å². The average molecular weight is 567 g/mol. The number of anilines is 2. The Labute approximate surface area is 239 Å². The minimum Gasteiger partial charge on any atom is -0.588 e. The molecule has 0 spiro atoms. The monoisotopic (exact) mass is 566 g/mol. The summed E-state index contributed by atoms with van der Waals surface area (Å²) in [4.78, 5) is 16.7. The summed E-state index contributed by atoms with van der Waals surface area (Å²) in [6.45, 7) is 14.1. The SMILES string of the molecule is CCc1ncc(N2CCOCC2)cc1[S+]([O-])Nc1ccnc(-c2ccc(CN3CCN(C(C)C)CC3)cc2F)c1. The van der Waals surface area contributed by atoms with E-state index in [9.17, 15) is 4.55 Å². The first-order valence-corrected chi connectivity index (χ1v) is 15.3. The molecule has 10 heteroatoms. The second-order valence-electron chi connectivity index (χ2n) is 10.6. The number of aromatic nitrogens is 2. The molecule has 4 heterocycles. The molecular weight excluding hydrogens is 527 g/mol. The summed E-state index contributed by atoms with van der Waals surface area (Å²) < 4.78 is 37.3. The van der Waals surface area contributed by atoms with E-state index in [0.29, 0.717) is 47.5 Å². The number of pyridine rings is 2. The van der Waals surface area contributed by atoms with Crippen LogP contribution in [0.15, 0.2) is 53.7 Å². The highest BCUT2D eigenvalue weighted by Gasteiger charge is 2.23. The maximum absolute atomic E-state index is 15.3. The Kier molecular flexibility index (Phi) is 9.54. The van der Waals surface area contributed by atoms with Crippen molar-refractivity contribution >= 4 is 22.7 Å². The number of morpholine rings is 1. The molecular formula is C30H39FN6O2S. The summed E-state index contributed by atoms with van der Waals surface area (Å²) in [6.07, 6.45) is 4.12. The second-order valence-corrected chi connectivity index (χ2v) is 11.8. The fraction of sp³-hybridized carbons (Fsp3) is 0.467. The number of halogens is 1. The number of hydrogen-bond acceptors (Lipinski definition) is 8. The smallest absolute Gasteiger partial charge is 0.203 e. The molecule has 0 radical (unpaired) electrons. The fourth-order valence-electron chi connectivity index (χ4n) is 5.25. The van der Waals surface area contributed by atoms with Crippen molar-refractivity contribution in [3.05, 3.63) is 65.9 Å². The number of ether oxygens (including phenoxy) is 1. The third kappa shape index (κ3) is 6.92. The van der Waals surface area contributed by atoms with Gasteiger partial charge in [0.2, 0.25) is 4.90 Å². The highest BCUT2D eigenvalue weighted by Crippen LogP contribution is 2.28. The zero-order valence-electron chi connectivity index (χ0n) is 23.6. The van der Waals surface area contributed by atoms with E-state index in [1.807, 2.05) is 25.3 Å². The van der Waals surface area contributed by atoms with Crippen LogP contribution in [0.25, 0.3) is 11.3 Å². The zero-order chi connectivity index (χ0) is 28.1. The quantitative estimate of drug-likeness (QED) is 0.383. The standard InChI is InChI=1S/C30H39FN6O2S/c1-4-28-30(19-25(20-33-28)37-13-15-39-16-14-37)40(38)34-24-7-8-32-29(18-24)26-6-5-23(17-27(26)31)21-35-9-11-36(12-10-35)22(2)3/h5-8,17-20,22H,4,9-16,21H2,1-3H3,(H,32,34). The Morgan fingerprint density at radius 1 is 1.02 bits per heavy atom. The van der Waals surface area contributed by atoms with Crippen LogP contribution < -0.4 is 9.62 Å². The molecule has 2 aromatic heterocycles. The molecule has 2 saturated heterocycles. The van der Waals surface area contributed by atoms with Gasteiger partial charge in [-0.3, -0.25) is 19.8 Å². The van der Waals surface area contributed by atoms with Crippen molar-refractivity contribution in [2.75, 3.05) is 62.1 Å². The molecule has 2 aliphatic rings. The number of piperazine rings is 1. The molecule has 1 N–H and O–H groups in total. The predicted octanol–water partition coefficient (Wildman–Crippen LogP) is 4.34. The van der Waals surface area contributed by atoms with Gasteiger partial charge in [0.15, 0.2) is 0 Å². The largest absolute Gasteiger partial charge is 0.588 e. The van der Waals surface area contributed by atoms with Gasteiger partial charge < -0.3 is 14.2 Å². The van der Waals surface area contributed by atoms with Crippen molar-refractivity contribution < 1.29 is 13.7 Å². The van der Waals surface area contributed by atoms with Gasteiger partial charge in [0.25, 0.3) is 0 Å². The number of benzene rings is 1. The zero-order valence-corrected chi connectivity index (χ0v) is 24.4. The van der Waals surface area contributed by atoms with Crippen LogP contribution in [0.5, 0.6) is 0 Å². The number of nitrogens with zero attached hydrogens (tertiary/aromatic N) is 5. The molecule has 1 unspecified atom stereocenters. The topological polar surface area (TPSA) is 79.8 Å². The number of hydrogen-bond donors (Lipinski definition) is 1. The van der Waals surface area contributed by atoms with Crippen LogP contribution in [-0.2, 0) is 29.1 Å². The van der Waals surface area contributed by atoms with Crippen LogP contribution in [0.2, 0.25) is 0 Å². The second kappa shape index (κ2) is 13.3. The number of aryl methyl sites for hydroxylation is 1. The van der Waals surface area contributed by atoms with Crippen LogP contribution in [0, 0.1) is 5.82 Å². The Morgan fingerprint density at radius 2 is 1.80 bits per heavy atom. The van der Waals surface area contributed by atoms with E-state index in [1.54, 1.807) is 30.5 Å². The van der Waals surface area contributed by atoms with Crippen molar-refractivity contribution in [1.82, 2.24) is 19.8 Å². The van der Waals surface area contributed by atoms with Crippen molar-refractivity contribution in [2.24, 2.45) is 0 Å². The highest BCUT2D eigenvalue weighted by atomic mass is 32.2. The van der Waals surface area contributed by atoms with Gasteiger partial charge in [0.1, 0.15) is 17.2 Å². The molecule has 0 bridgehead atoms. The summed E-state index contributed by atoms with van der Waals surface area (Å²) in [5.74, 6) is -0.306. The highest BCUT2D eigenvalue weighted by molar-refractivity contribution is 7.92. The van der Waals surface area contributed by atoms with Gasteiger partial charge in [-0.05, 0) is 50.1 Å². The first-order chi connectivity index (χ1) is 19.4. The summed E-state index contributed by atoms with van der Waals surface area (Å²) in [5, 5.41) is 0. The summed E-state index contributed by atoms with van der Waals surface area (Å²) in [6, 6.07) is 11.4. The molecule has 0 amide bonds. The predicted molar refractivity (Wildman–Crippen MR) is 158 cm³/mol. The molecule has 3 aromatic rings. The first-order valence-electron chi connectivity index (χ1n) is 14.1. The molecule has 40 heavy (non-hydrogen) atoms. The Hall–Kier alpha value is -2.76. The van der Waals surface area contributed by atoms with Gasteiger partial charge in [-0.25, -0.2) is 9.11 Å². The molecule has 0 saturated carbocycles. The summed E-state index contributed by atoms with van der Waals surface area (Å²) in [5.41, 5.74) is 4.19. The van der Waals surface area contributed by atoms with E-state index < -0.39 is 11.4 Å². The molecule has 1 aromatic carbocycles. The third-order valence-corrected chi connectivity index (χ3v) is 8.82. The van der Waals surface area contributed by atoms with Crippen molar-refractivity contribution in [2.45, 2.75) is 44.7 Å². The van der Waals surface area contributed by atoms with E-state index in [0.717, 1.165) is 62.8 Å². The normalized spacial score (nSPS) is 17.8. The van der Waals surface area contributed by atoms with E-state index in [2.05, 4.69) is 43.2 Å².